The van der Waals surface area contributed by atoms with E-state index in [9.17, 15) is 8.42 Å². The van der Waals surface area contributed by atoms with Crippen LogP contribution in [-0.2, 0) is 10.0 Å². The predicted molar refractivity (Wildman–Crippen MR) is 68.7 cm³/mol. The second-order valence-corrected chi connectivity index (χ2v) is 6.39. The average molecular weight is 287 g/mol. The lowest BCUT2D eigenvalue weighted by Crippen LogP contribution is -2.43. The van der Waals surface area contributed by atoms with Crippen molar-refractivity contribution in [2.45, 2.75) is 18.9 Å². The second kappa shape index (κ2) is 5.70. The Morgan fingerprint density at radius 3 is 2.79 bits per heavy atom. The van der Waals surface area contributed by atoms with Crippen molar-refractivity contribution in [3.63, 3.8) is 0 Å². The van der Waals surface area contributed by atoms with Crippen LogP contribution < -0.4 is 9.47 Å². The van der Waals surface area contributed by atoms with Gasteiger partial charge in [0.1, 0.15) is 6.10 Å². The molecule has 1 fully saturated rings. The first-order valence-corrected chi connectivity index (χ1v) is 7.81. The molecule has 106 valence electrons. The molecule has 0 spiro atoms. The maximum absolute atomic E-state index is 11.5. The number of methoxy groups -OCH3 is 1. The van der Waals surface area contributed by atoms with Crippen LogP contribution in [-0.4, -0.2) is 55.3 Å². The monoisotopic (exact) mass is 287 g/mol. The number of hydrogen-bond acceptors (Lipinski definition) is 6. The van der Waals surface area contributed by atoms with Crippen molar-refractivity contribution in [3.05, 3.63) is 12.4 Å². The predicted octanol–water partition coefficient (Wildman–Crippen LogP) is 0.288. The number of hydrogen-bond donors (Lipinski definition) is 0. The maximum Gasteiger partial charge on any atom is 0.235 e. The van der Waals surface area contributed by atoms with Crippen molar-refractivity contribution >= 4 is 10.0 Å². The quantitative estimate of drug-likeness (QED) is 0.791. The van der Waals surface area contributed by atoms with E-state index in [1.54, 1.807) is 0 Å². The molecule has 0 bridgehead atoms. The molecule has 1 aromatic heterocycles. The molecule has 19 heavy (non-hydrogen) atoms. The third-order valence-electron chi connectivity index (χ3n) is 2.90. The highest BCUT2D eigenvalue weighted by Crippen LogP contribution is 2.19. The number of nitrogens with zero attached hydrogens (tertiary/aromatic N) is 3. The van der Waals surface area contributed by atoms with Gasteiger partial charge in [0.2, 0.25) is 21.8 Å². The molecule has 1 unspecified atom stereocenters. The Labute approximate surface area is 112 Å². The number of ether oxygens (including phenoxy) is 2. The zero-order chi connectivity index (χ0) is 13.9. The van der Waals surface area contributed by atoms with Gasteiger partial charge in [-0.15, -0.1) is 0 Å². The number of aromatic nitrogens is 2. The molecule has 0 N–H and O–H groups in total. The molecule has 8 heteroatoms. The van der Waals surface area contributed by atoms with E-state index in [1.807, 2.05) is 0 Å². The first kappa shape index (κ1) is 14.0. The zero-order valence-corrected chi connectivity index (χ0v) is 11.8. The highest BCUT2D eigenvalue weighted by Gasteiger charge is 2.27. The molecule has 0 aliphatic carbocycles. The minimum Gasteiger partial charge on any atom is -0.480 e. The van der Waals surface area contributed by atoms with E-state index in [0.717, 1.165) is 12.8 Å². The molecule has 1 aliphatic heterocycles. The Balaban J connectivity index is 2.02. The standard InChI is InChI=1S/C11H17N3O4S/c1-17-10-6-12-7-11(13-10)18-9-4-3-5-14(8-9)19(2,15)16/h6-7,9H,3-5,8H2,1-2H3. The Morgan fingerprint density at radius 1 is 1.37 bits per heavy atom. The van der Waals surface area contributed by atoms with Crippen LogP contribution in [0, 0.1) is 0 Å². The van der Waals surface area contributed by atoms with Crippen LogP contribution >= 0.6 is 0 Å². The van der Waals surface area contributed by atoms with Crippen LogP contribution in [0.1, 0.15) is 12.8 Å². The molecular formula is C11H17N3O4S. The van der Waals surface area contributed by atoms with E-state index in [-0.39, 0.29) is 6.10 Å². The third-order valence-corrected chi connectivity index (χ3v) is 4.17. The highest BCUT2D eigenvalue weighted by molar-refractivity contribution is 7.88. The average Bonchev–Trinajstić information content (AvgIpc) is 2.38. The molecule has 7 nitrogen and oxygen atoms in total. The van der Waals surface area contributed by atoms with Gasteiger partial charge in [-0.25, -0.2) is 8.42 Å². The van der Waals surface area contributed by atoms with Crippen LogP contribution in [0.15, 0.2) is 12.4 Å². The van der Waals surface area contributed by atoms with Crippen LogP contribution in [0.25, 0.3) is 0 Å². The highest BCUT2D eigenvalue weighted by atomic mass is 32.2. The van der Waals surface area contributed by atoms with Gasteiger partial charge in [0, 0.05) is 6.54 Å². The number of piperidine rings is 1. The lowest BCUT2D eigenvalue weighted by Gasteiger charge is -2.30. The first-order chi connectivity index (χ1) is 8.99. The molecule has 2 heterocycles. The van der Waals surface area contributed by atoms with Crippen molar-refractivity contribution in [2.24, 2.45) is 0 Å². The Morgan fingerprint density at radius 2 is 2.11 bits per heavy atom. The molecule has 2 rings (SSSR count). The summed E-state index contributed by atoms with van der Waals surface area (Å²) in [5.41, 5.74) is 0. The zero-order valence-electron chi connectivity index (χ0n) is 10.9. The van der Waals surface area contributed by atoms with Gasteiger partial charge in [-0.3, -0.25) is 4.98 Å². The summed E-state index contributed by atoms with van der Waals surface area (Å²) in [6, 6.07) is 0. The fraction of sp³-hybridized carbons (Fsp3) is 0.636. The van der Waals surface area contributed by atoms with Crippen molar-refractivity contribution in [1.29, 1.82) is 0 Å². The summed E-state index contributed by atoms with van der Waals surface area (Å²) in [5.74, 6) is 0.716. The largest absolute Gasteiger partial charge is 0.480 e. The van der Waals surface area contributed by atoms with Crippen LogP contribution in [0.2, 0.25) is 0 Å². The van der Waals surface area contributed by atoms with Gasteiger partial charge in [0.15, 0.2) is 0 Å². The van der Waals surface area contributed by atoms with Crippen molar-refractivity contribution in [3.8, 4) is 11.8 Å². The lowest BCUT2D eigenvalue weighted by atomic mass is 10.1. The molecular weight excluding hydrogens is 270 g/mol. The summed E-state index contributed by atoms with van der Waals surface area (Å²) in [6.45, 7) is 0.889. The Hall–Kier alpha value is -1.41. The van der Waals surface area contributed by atoms with Crippen LogP contribution in [0.4, 0.5) is 0 Å². The molecule has 0 amide bonds. The third kappa shape index (κ3) is 3.77. The van der Waals surface area contributed by atoms with E-state index in [0.29, 0.717) is 24.8 Å². The van der Waals surface area contributed by atoms with Gasteiger partial charge in [0.25, 0.3) is 0 Å². The lowest BCUT2D eigenvalue weighted by molar-refractivity contribution is 0.123. The Kier molecular flexibility index (Phi) is 4.20. The summed E-state index contributed by atoms with van der Waals surface area (Å²) in [5, 5.41) is 0. The molecule has 0 radical (unpaired) electrons. The van der Waals surface area contributed by atoms with Gasteiger partial charge in [-0.1, -0.05) is 0 Å². The molecule has 1 aromatic rings. The van der Waals surface area contributed by atoms with Crippen molar-refractivity contribution in [1.82, 2.24) is 14.3 Å². The van der Waals surface area contributed by atoms with E-state index < -0.39 is 10.0 Å². The second-order valence-electron chi connectivity index (χ2n) is 4.40. The molecule has 0 aromatic carbocycles. The Bertz CT molecular complexity index is 534. The summed E-state index contributed by atoms with van der Waals surface area (Å²) in [4.78, 5) is 8.04. The van der Waals surface area contributed by atoms with Crippen LogP contribution in [0.5, 0.6) is 11.8 Å². The van der Waals surface area contributed by atoms with Crippen molar-refractivity contribution < 1.29 is 17.9 Å². The maximum atomic E-state index is 11.5. The van der Waals surface area contributed by atoms with E-state index in [2.05, 4.69) is 9.97 Å². The normalized spacial score (nSPS) is 21.1. The minimum atomic E-state index is -3.17. The summed E-state index contributed by atoms with van der Waals surface area (Å²) in [6.07, 6.45) is 5.55. The molecule has 0 saturated carbocycles. The van der Waals surface area contributed by atoms with Gasteiger partial charge < -0.3 is 9.47 Å². The fourth-order valence-corrected chi connectivity index (χ4v) is 2.86. The van der Waals surface area contributed by atoms with Gasteiger partial charge in [-0.2, -0.15) is 9.29 Å². The van der Waals surface area contributed by atoms with E-state index in [1.165, 1.54) is 30.1 Å². The molecule has 1 aliphatic rings. The summed E-state index contributed by atoms with van der Waals surface area (Å²) in [7, 11) is -1.67. The van der Waals surface area contributed by atoms with E-state index in [4.69, 9.17) is 9.47 Å². The van der Waals surface area contributed by atoms with Crippen LogP contribution in [0.3, 0.4) is 0 Å². The smallest absolute Gasteiger partial charge is 0.235 e. The topological polar surface area (TPSA) is 81.6 Å². The van der Waals surface area contributed by atoms with Gasteiger partial charge >= 0.3 is 0 Å². The molecule has 1 atom stereocenters. The van der Waals surface area contributed by atoms with Gasteiger partial charge in [0.05, 0.1) is 32.3 Å². The fourth-order valence-electron chi connectivity index (χ4n) is 1.96. The summed E-state index contributed by atoms with van der Waals surface area (Å²) < 4.78 is 35.1. The summed E-state index contributed by atoms with van der Waals surface area (Å²) >= 11 is 0. The van der Waals surface area contributed by atoms with Crippen molar-refractivity contribution in [2.75, 3.05) is 26.5 Å². The first-order valence-electron chi connectivity index (χ1n) is 5.97. The number of rotatable bonds is 4. The number of sulfonamides is 1. The van der Waals surface area contributed by atoms with Gasteiger partial charge in [-0.05, 0) is 12.8 Å². The van der Waals surface area contributed by atoms with E-state index >= 15 is 0 Å². The SMILES string of the molecule is COc1cncc(OC2CCCN(S(C)(=O)=O)C2)n1. The minimum absolute atomic E-state index is 0.204. The molecule has 1 saturated heterocycles.